The van der Waals surface area contributed by atoms with Crippen LogP contribution in [-0.2, 0) is 0 Å². The number of rotatable bonds is 6. The summed E-state index contributed by atoms with van der Waals surface area (Å²) in [6.07, 6.45) is 1.98. The van der Waals surface area contributed by atoms with Crippen molar-refractivity contribution in [3.8, 4) is 6.07 Å². The lowest BCUT2D eigenvalue weighted by atomic mass is 10.2. The first kappa shape index (κ1) is 15.4. The third-order valence-corrected chi connectivity index (χ3v) is 3.03. The number of carbonyl (C=O) groups excluding carboxylic acids is 1. The number of nitrogens with zero attached hydrogens (tertiary/aromatic N) is 3. The molecule has 0 unspecified atom stereocenters. The molecule has 0 radical (unpaired) electrons. The third kappa shape index (κ3) is 4.21. The van der Waals surface area contributed by atoms with E-state index in [0.29, 0.717) is 37.4 Å². The van der Waals surface area contributed by atoms with E-state index in [2.05, 4.69) is 32.3 Å². The van der Waals surface area contributed by atoms with Gasteiger partial charge in [0.05, 0.1) is 18.1 Å². The van der Waals surface area contributed by atoms with Crippen LogP contribution in [0.15, 0.2) is 16.7 Å². The van der Waals surface area contributed by atoms with Gasteiger partial charge < -0.3 is 10.2 Å². The molecule has 0 aliphatic rings. The standard InChI is InChI=1S/C13H17BrN4O/c1-3-16-12-11(8-10(14)9-17-12)13(19)18(4-2)7-5-6-15/h8-9H,3-5,7H2,1-2H3,(H,16,17). The molecule has 19 heavy (non-hydrogen) atoms. The summed E-state index contributed by atoms with van der Waals surface area (Å²) < 4.78 is 0.758. The Morgan fingerprint density at radius 2 is 2.32 bits per heavy atom. The Kier molecular flexibility index (Phi) is 6.30. The molecule has 0 saturated heterocycles. The van der Waals surface area contributed by atoms with Gasteiger partial charge >= 0.3 is 0 Å². The molecule has 0 aliphatic carbocycles. The highest BCUT2D eigenvalue weighted by Crippen LogP contribution is 2.20. The van der Waals surface area contributed by atoms with Crippen LogP contribution in [0.2, 0.25) is 0 Å². The molecule has 0 spiro atoms. The van der Waals surface area contributed by atoms with Crippen LogP contribution in [0.4, 0.5) is 5.82 Å². The number of hydrogen-bond acceptors (Lipinski definition) is 4. The molecule has 5 nitrogen and oxygen atoms in total. The lowest BCUT2D eigenvalue weighted by molar-refractivity contribution is 0.0768. The molecule has 1 N–H and O–H groups in total. The largest absolute Gasteiger partial charge is 0.370 e. The van der Waals surface area contributed by atoms with E-state index in [1.54, 1.807) is 17.2 Å². The molecule has 102 valence electrons. The Morgan fingerprint density at radius 3 is 2.89 bits per heavy atom. The van der Waals surface area contributed by atoms with E-state index < -0.39 is 0 Å². The van der Waals surface area contributed by atoms with E-state index in [0.717, 1.165) is 4.47 Å². The molecular weight excluding hydrogens is 308 g/mol. The minimum absolute atomic E-state index is 0.109. The first-order valence-corrected chi connectivity index (χ1v) is 6.98. The van der Waals surface area contributed by atoms with Gasteiger partial charge in [-0.05, 0) is 35.8 Å². The van der Waals surface area contributed by atoms with Crippen molar-refractivity contribution in [3.63, 3.8) is 0 Å². The molecule has 0 bridgehead atoms. The lowest BCUT2D eigenvalue weighted by Crippen LogP contribution is -2.32. The first-order chi connectivity index (χ1) is 9.13. The molecule has 1 heterocycles. The number of anilines is 1. The fraction of sp³-hybridized carbons (Fsp3) is 0.462. The van der Waals surface area contributed by atoms with Gasteiger partial charge in [0, 0.05) is 30.3 Å². The third-order valence-electron chi connectivity index (χ3n) is 2.59. The van der Waals surface area contributed by atoms with Crippen LogP contribution in [0.5, 0.6) is 0 Å². The van der Waals surface area contributed by atoms with E-state index in [1.165, 1.54) is 0 Å². The fourth-order valence-corrected chi connectivity index (χ4v) is 2.00. The van der Waals surface area contributed by atoms with Crippen molar-refractivity contribution < 1.29 is 4.79 Å². The average Bonchev–Trinajstić information content (AvgIpc) is 2.41. The molecule has 1 aromatic heterocycles. The van der Waals surface area contributed by atoms with E-state index in [-0.39, 0.29) is 5.91 Å². The highest BCUT2D eigenvalue weighted by Gasteiger charge is 2.18. The van der Waals surface area contributed by atoms with Crippen molar-refractivity contribution >= 4 is 27.7 Å². The van der Waals surface area contributed by atoms with Gasteiger partial charge in [-0.1, -0.05) is 0 Å². The number of hydrogen-bond donors (Lipinski definition) is 1. The van der Waals surface area contributed by atoms with Gasteiger partial charge in [-0.3, -0.25) is 4.79 Å². The Morgan fingerprint density at radius 1 is 1.58 bits per heavy atom. The molecular formula is C13H17BrN4O. The zero-order chi connectivity index (χ0) is 14.3. The molecule has 0 atom stereocenters. The van der Waals surface area contributed by atoms with Crippen molar-refractivity contribution in [2.45, 2.75) is 20.3 Å². The summed E-state index contributed by atoms with van der Waals surface area (Å²) in [4.78, 5) is 18.3. The van der Waals surface area contributed by atoms with Gasteiger partial charge in [0.15, 0.2) is 0 Å². The summed E-state index contributed by atoms with van der Waals surface area (Å²) >= 11 is 3.33. The molecule has 0 fully saturated rings. The van der Waals surface area contributed by atoms with E-state index in [1.807, 2.05) is 13.8 Å². The van der Waals surface area contributed by atoms with Gasteiger partial charge in [0.2, 0.25) is 0 Å². The van der Waals surface area contributed by atoms with Crippen molar-refractivity contribution in [2.24, 2.45) is 0 Å². The normalized spacial score (nSPS) is 9.79. The van der Waals surface area contributed by atoms with Crippen molar-refractivity contribution in [3.05, 3.63) is 22.3 Å². The Hall–Kier alpha value is -1.61. The van der Waals surface area contributed by atoms with Crippen LogP contribution in [0.25, 0.3) is 0 Å². The summed E-state index contributed by atoms with van der Waals surface area (Å²) in [6, 6.07) is 3.81. The van der Waals surface area contributed by atoms with E-state index >= 15 is 0 Å². The summed E-state index contributed by atoms with van der Waals surface area (Å²) in [6.45, 7) is 5.54. The second kappa shape index (κ2) is 7.74. The van der Waals surface area contributed by atoms with Crippen molar-refractivity contribution in [2.75, 3.05) is 25.0 Å². The van der Waals surface area contributed by atoms with Crippen molar-refractivity contribution in [1.82, 2.24) is 9.88 Å². The van der Waals surface area contributed by atoms with E-state index in [9.17, 15) is 4.79 Å². The maximum Gasteiger partial charge on any atom is 0.257 e. The molecule has 6 heteroatoms. The molecule has 1 aromatic rings. The first-order valence-electron chi connectivity index (χ1n) is 6.19. The Labute approximate surface area is 121 Å². The summed E-state index contributed by atoms with van der Waals surface area (Å²) in [5.74, 6) is 0.466. The van der Waals surface area contributed by atoms with Crippen LogP contribution in [-0.4, -0.2) is 35.4 Å². The molecule has 1 rings (SSSR count). The molecule has 1 amide bonds. The second-order valence-electron chi connectivity index (χ2n) is 3.87. The van der Waals surface area contributed by atoms with Crippen LogP contribution >= 0.6 is 15.9 Å². The topological polar surface area (TPSA) is 69.0 Å². The van der Waals surface area contributed by atoms with Crippen molar-refractivity contribution in [1.29, 1.82) is 5.26 Å². The van der Waals surface area contributed by atoms with Crippen LogP contribution in [0, 0.1) is 11.3 Å². The number of aromatic nitrogens is 1. The molecule has 0 aromatic carbocycles. The maximum absolute atomic E-state index is 12.4. The number of nitriles is 1. The number of nitrogens with one attached hydrogen (secondary N) is 1. The van der Waals surface area contributed by atoms with Gasteiger partial charge in [-0.15, -0.1) is 0 Å². The summed E-state index contributed by atoms with van der Waals surface area (Å²) in [5.41, 5.74) is 0.524. The number of pyridine rings is 1. The quantitative estimate of drug-likeness (QED) is 0.873. The predicted molar refractivity (Wildman–Crippen MR) is 77.9 cm³/mol. The summed E-state index contributed by atoms with van der Waals surface area (Å²) in [5, 5.41) is 11.7. The van der Waals surface area contributed by atoms with E-state index in [4.69, 9.17) is 5.26 Å². The van der Waals surface area contributed by atoms with Gasteiger partial charge in [-0.25, -0.2) is 4.98 Å². The number of amides is 1. The van der Waals surface area contributed by atoms with Crippen LogP contribution in [0.1, 0.15) is 30.6 Å². The number of carbonyl (C=O) groups is 1. The van der Waals surface area contributed by atoms with Gasteiger partial charge in [0.1, 0.15) is 5.82 Å². The number of halogens is 1. The Bertz CT molecular complexity index is 484. The SMILES string of the molecule is CCNc1ncc(Br)cc1C(=O)N(CC)CCC#N. The molecule has 0 aliphatic heterocycles. The maximum atomic E-state index is 12.4. The summed E-state index contributed by atoms with van der Waals surface area (Å²) in [7, 11) is 0. The second-order valence-corrected chi connectivity index (χ2v) is 4.79. The fourth-order valence-electron chi connectivity index (χ4n) is 1.67. The monoisotopic (exact) mass is 324 g/mol. The lowest BCUT2D eigenvalue weighted by Gasteiger charge is -2.21. The minimum Gasteiger partial charge on any atom is -0.370 e. The predicted octanol–water partition coefficient (Wildman–Crippen LogP) is 2.65. The average molecular weight is 325 g/mol. The van der Waals surface area contributed by atoms with Crippen LogP contribution in [0.3, 0.4) is 0 Å². The minimum atomic E-state index is -0.109. The highest BCUT2D eigenvalue weighted by atomic mass is 79.9. The van der Waals surface area contributed by atoms with Crippen LogP contribution < -0.4 is 5.32 Å². The zero-order valence-electron chi connectivity index (χ0n) is 11.1. The smallest absolute Gasteiger partial charge is 0.257 e. The highest BCUT2D eigenvalue weighted by molar-refractivity contribution is 9.10. The van der Waals surface area contributed by atoms with Gasteiger partial charge in [0.25, 0.3) is 5.91 Å². The molecule has 0 saturated carbocycles. The zero-order valence-corrected chi connectivity index (χ0v) is 12.7. The Balaban J connectivity index is 3.02. The van der Waals surface area contributed by atoms with Gasteiger partial charge in [-0.2, -0.15) is 5.26 Å².